The molecule has 0 saturated carbocycles. The van der Waals surface area contributed by atoms with Crippen LogP contribution < -0.4 is 10.1 Å². The zero-order valence-electron chi connectivity index (χ0n) is 22.6. The summed E-state index contributed by atoms with van der Waals surface area (Å²) in [6, 6.07) is 17.3. The van der Waals surface area contributed by atoms with Crippen LogP contribution in [0.25, 0.3) is 22.0 Å². The number of amides is 1. The number of benzene rings is 2. The summed E-state index contributed by atoms with van der Waals surface area (Å²) in [5.41, 5.74) is 5.41. The number of para-hydroxylation sites is 1. The lowest BCUT2D eigenvalue weighted by Gasteiger charge is -2.17. The van der Waals surface area contributed by atoms with Gasteiger partial charge in [-0.25, -0.2) is 4.98 Å². The topological polar surface area (TPSA) is 70.2 Å². The van der Waals surface area contributed by atoms with Gasteiger partial charge in [-0.3, -0.25) is 4.79 Å². The third-order valence-corrected chi connectivity index (χ3v) is 7.26. The molecule has 2 heterocycles. The zero-order chi connectivity index (χ0) is 28.6. The van der Waals surface area contributed by atoms with Gasteiger partial charge in [-0.05, 0) is 41.8 Å². The molecule has 0 radical (unpaired) electrons. The van der Waals surface area contributed by atoms with E-state index in [1.165, 1.54) is 4.90 Å². The third kappa shape index (κ3) is 7.07. The quantitative estimate of drug-likeness (QED) is 0.139. The molecule has 40 heavy (non-hydrogen) atoms. The van der Waals surface area contributed by atoms with Crippen molar-refractivity contribution in [3.63, 3.8) is 0 Å². The molecule has 2 aromatic carbocycles. The molecule has 0 bridgehead atoms. The Kier molecular flexibility index (Phi) is 10.3. The molecule has 4 rings (SSSR count). The van der Waals surface area contributed by atoms with Gasteiger partial charge in [0, 0.05) is 77.6 Å². The van der Waals surface area contributed by atoms with Crippen LogP contribution in [0.2, 0.25) is 15.1 Å². The highest BCUT2D eigenvalue weighted by atomic mass is 35.5. The summed E-state index contributed by atoms with van der Waals surface area (Å²) in [4.78, 5) is 21.2. The van der Waals surface area contributed by atoms with E-state index in [2.05, 4.69) is 22.2 Å². The Balaban J connectivity index is 1.60. The van der Waals surface area contributed by atoms with Crippen LogP contribution in [0.15, 0.2) is 72.9 Å². The van der Waals surface area contributed by atoms with Crippen LogP contribution in [0, 0.1) is 0 Å². The number of hydrogen-bond acceptors (Lipinski definition) is 4. The van der Waals surface area contributed by atoms with E-state index in [4.69, 9.17) is 39.5 Å². The van der Waals surface area contributed by atoms with Gasteiger partial charge in [0.1, 0.15) is 6.61 Å². The number of ether oxygens (including phenoxy) is 1. The van der Waals surface area contributed by atoms with Gasteiger partial charge in [0.2, 0.25) is 11.8 Å². The second-order valence-corrected chi connectivity index (χ2v) is 10.5. The Labute approximate surface area is 249 Å². The SMILES string of the molecule is CC/C(=C(/c1ccc(OCCNC/C=C/C(=O)N(C)C)nc1)c1[nH]c2ccccc2c1Cl)c1ccc(Cl)cc1Cl. The predicted octanol–water partition coefficient (Wildman–Crippen LogP) is 7.51. The Morgan fingerprint density at radius 3 is 2.58 bits per heavy atom. The van der Waals surface area contributed by atoms with E-state index in [1.807, 2.05) is 48.5 Å². The molecule has 6 nitrogen and oxygen atoms in total. The molecule has 1 amide bonds. The summed E-state index contributed by atoms with van der Waals surface area (Å²) >= 11 is 19.8. The molecule has 0 atom stereocenters. The first-order valence-electron chi connectivity index (χ1n) is 12.9. The maximum atomic E-state index is 11.6. The van der Waals surface area contributed by atoms with E-state index in [-0.39, 0.29) is 5.91 Å². The Morgan fingerprint density at radius 2 is 1.90 bits per heavy atom. The van der Waals surface area contributed by atoms with Crippen molar-refractivity contribution in [2.75, 3.05) is 33.8 Å². The maximum absolute atomic E-state index is 11.6. The molecule has 0 aliphatic carbocycles. The number of carbonyl (C=O) groups is 1. The Bertz CT molecular complexity index is 1540. The van der Waals surface area contributed by atoms with Gasteiger partial charge in [0.15, 0.2) is 0 Å². The van der Waals surface area contributed by atoms with E-state index < -0.39 is 0 Å². The van der Waals surface area contributed by atoms with E-state index in [0.29, 0.717) is 47.1 Å². The van der Waals surface area contributed by atoms with Crippen LogP contribution in [-0.2, 0) is 4.79 Å². The molecule has 2 aromatic heterocycles. The number of rotatable bonds is 11. The summed E-state index contributed by atoms with van der Waals surface area (Å²) in [5.74, 6) is 0.461. The zero-order valence-corrected chi connectivity index (χ0v) is 24.9. The molecule has 9 heteroatoms. The molecular formula is C31H31Cl3N4O2. The number of fused-ring (bicyclic) bond motifs is 1. The van der Waals surface area contributed by atoms with Crippen molar-refractivity contribution in [1.82, 2.24) is 20.2 Å². The van der Waals surface area contributed by atoms with Gasteiger partial charge >= 0.3 is 0 Å². The van der Waals surface area contributed by atoms with Crippen molar-refractivity contribution in [3.8, 4) is 5.88 Å². The van der Waals surface area contributed by atoms with Crippen molar-refractivity contribution in [2.45, 2.75) is 13.3 Å². The second kappa shape index (κ2) is 13.9. The van der Waals surface area contributed by atoms with Crippen LogP contribution in [0.3, 0.4) is 0 Å². The van der Waals surface area contributed by atoms with Gasteiger partial charge in [0.25, 0.3) is 0 Å². The molecular weight excluding hydrogens is 567 g/mol. The van der Waals surface area contributed by atoms with Crippen LogP contribution in [0.5, 0.6) is 5.88 Å². The summed E-state index contributed by atoms with van der Waals surface area (Å²) in [6.07, 6.45) is 5.81. The number of aromatic nitrogens is 2. The van der Waals surface area contributed by atoms with Crippen molar-refractivity contribution in [2.24, 2.45) is 0 Å². The predicted molar refractivity (Wildman–Crippen MR) is 166 cm³/mol. The molecule has 4 aromatic rings. The number of hydrogen-bond donors (Lipinski definition) is 2. The minimum Gasteiger partial charge on any atom is -0.476 e. The number of halogens is 3. The first kappa shape index (κ1) is 29.7. The first-order chi connectivity index (χ1) is 19.3. The number of nitrogens with zero attached hydrogens (tertiary/aromatic N) is 2. The fourth-order valence-electron chi connectivity index (χ4n) is 4.32. The Morgan fingerprint density at radius 1 is 1.10 bits per heavy atom. The van der Waals surface area contributed by atoms with Crippen LogP contribution >= 0.6 is 34.8 Å². The fourth-order valence-corrected chi connectivity index (χ4v) is 5.15. The summed E-state index contributed by atoms with van der Waals surface area (Å²) in [7, 11) is 3.44. The molecule has 0 aliphatic heterocycles. The number of H-pyrrole nitrogens is 1. The fraction of sp³-hybridized carbons (Fsp3) is 0.226. The maximum Gasteiger partial charge on any atom is 0.245 e. The number of likely N-dealkylation sites (N-methyl/N-ethyl adjacent to an activating group) is 1. The lowest BCUT2D eigenvalue weighted by atomic mass is 9.91. The summed E-state index contributed by atoms with van der Waals surface area (Å²) in [6.45, 7) is 3.69. The number of nitrogens with one attached hydrogen (secondary N) is 2. The molecule has 0 fully saturated rings. The van der Waals surface area contributed by atoms with Crippen LogP contribution in [0.4, 0.5) is 0 Å². The minimum absolute atomic E-state index is 0.0472. The second-order valence-electron chi connectivity index (χ2n) is 9.26. The third-order valence-electron chi connectivity index (χ3n) is 6.32. The Hall–Kier alpha value is -3.29. The van der Waals surface area contributed by atoms with Gasteiger partial charge in [-0.15, -0.1) is 0 Å². The molecule has 0 unspecified atom stereocenters. The molecule has 2 N–H and O–H groups in total. The smallest absolute Gasteiger partial charge is 0.245 e. The monoisotopic (exact) mass is 596 g/mol. The van der Waals surface area contributed by atoms with Crippen molar-refractivity contribution in [1.29, 1.82) is 0 Å². The standard InChI is InChI=1S/C31H31Cl3N4O2/c1-4-22(23-13-12-21(32)18-25(23)33)29(31-30(34)24-8-5-6-9-26(24)37-31)20-11-14-27(36-19-20)40-17-16-35-15-7-10-28(39)38(2)3/h5-14,18-19,35,37H,4,15-17H2,1-3H3/b10-7+,29-22+. The van der Waals surface area contributed by atoms with Crippen LogP contribution in [-0.4, -0.2) is 54.6 Å². The first-order valence-corrected chi connectivity index (χ1v) is 14.1. The average molecular weight is 598 g/mol. The largest absolute Gasteiger partial charge is 0.476 e. The van der Waals surface area contributed by atoms with Crippen molar-refractivity contribution < 1.29 is 9.53 Å². The molecule has 0 spiro atoms. The van der Waals surface area contributed by atoms with E-state index in [1.54, 1.807) is 38.5 Å². The van der Waals surface area contributed by atoms with Gasteiger partial charge < -0.3 is 19.9 Å². The number of pyridine rings is 1. The minimum atomic E-state index is -0.0472. The van der Waals surface area contributed by atoms with E-state index in [0.717, 1.165) is 38.9 Å². The van der Waals surface area contributed by atoms with Gasteiger partial charge in [-0.1, -0.05) is 72.1 Å². The number of aromatic amines is 1. The molecule has 0 aliphatic rings. The van der Waals surface area contributed by atoms with Gasteiger partial charge in [-0.2, -0.15) is 0 Å². The molecule has 0 saturated heterocycles. The average Bonchev–Trinajstić information content (AvgIpc) is 3.27. The van der Waals surface area contributed by atoms with E-state index in [9.17, 15) is 4.79 Å². The van der Waals surface area contributed by atoms with Gasteiger partial charge in [0.05, 0.1) is 10.7 Å². The van der Waals surface area contributed by atoms with E-state index >= 15 is 0 Å². The van der Waals surface area contributed by atoms with Crippen molar-refractivity contribution >= 4 is 62.8 Å². The number of carbonyl (C=O) groups excluding carboxylic acids is 1. The highest BCUT2D eigenvalue weighted by Gasteiger charge is 2.21. The van der Waals surface area contributed by atoms with Crippen molar-refractivity contribution in [3.05, 3.63) is 105 Å². The number of allylic oxidation sites excluding steroid dienone is 1. The normalized spacial score (nSPS) is 12.2. The lowest BCUT2D eigenvalue weighted by molar-refractivity contribution is -0.123. The summed E-state index contributed by atoms with van der Waals surface area (Å²) in [5, 5.41) is 5.92. The highest BCUT2D eigenvalue weighted by Crippen LogP contribution is 2.42. The molecule has 208 valence electrons. The van der Waals surface area contributed by atoms with Crippen LogP contribution in [0.1, 0.15) is 30.2 Å². The highest BCUT2D eigenvalue weighted by molar-refractivity contribution is 6.38. The summed E-state index contributed by atoms with van der Waals surface area (Å²) < 4.78 is 5.83. The lowest BCUT2D eigenvalue weighted by Crippen LogP contribution is -2.22.